The van der Waals surface area contributed by atoms with Gasteiger partial charge in [0.2, 0.25) is 0 Å². The van der Waals surface area contributed by atoms with Crippen molar-refractivity contribution in [2.45, 2.75) is 58.2 Å². The molecule has 0 amide bonds. The van der Waals surface area contributed by atoms with E-state index < -0.39 is 35.1 Å². The van der Waals surface area contributed by atoms with E-state index >= 15 is 0 Å². The predicted octanol–water partition coefficient (Wildman–Crippen LogP) is 2.42. The summed E-state index contributed by atoms with van der Waals surface area (Å²) < 4.78 is 14.2. The van der Waals surface area contributed by atoms with E-state index in [4.69, 9.17) is 9.47 Å². The van der Waals surface area contributed by atoms with Gasteiger partial charge in [-0.25, -0.2) is 4.79 Å². The minimum absolute atomic E-state index is 0.252. The van der Waals surface area contributed by atoms with Gasteiger partial charge in [0.05, 0.1) is 6.04 Å². The molecule has 1 aliphatic heterocycles. The monoisotopic (exact) mass is 396 g/mol. The molecule has 2 aromatic rings. The first kappa shape index (κ1) is 19.5. The Balaban J connectivity index is 1.85. The molecular formula is C22H24N2O5. The van der Waals surface area contributed by atoms with E-state index in [-0.39, 0.29) is 11.7 Å². The molecule has 2 aliphatic rings. The van der Waals surface area contributed by atoms with Crippen LogP contribution in [0.5, 0.6) is 0 Å². The van der Waals surface area contributed by atoms with Crippen LogP contribution in [0.3, 0.4) is 0 Å². The molecule has 1 saturated heterocycles. The number of carbonyl (C=O) groups excluding carboxylic acids is 1. The normalized spacial score (nSPS) is 25.0. The minimum atomic E-state index is -0.769. The average molecular weight is 396 g/mol. The summed E-state index contributed by atoms with van der Waals surface area (Å²) in [6.07, 6.45) is 3.57. The highest BCUT2D eigenvalue weighted by atomic mass is 16.8. The summed E-state index contributed by atoms with van der Waals surface area (Å²) in [4.78, 5) is 38.9. The molecule has 29 heavy (non-hydrogen) atoms. The number of fused-ring (bicyclic) bond motifs is 1. The number of hydrogen-bond donors (Lipinski definition) is 0. The SMILES string of the molecule is CCC1=C[C@@H](n2cc(C)c(=O)n(C(=O)c3ccccc3)c2=O)[C@@H]2OC(C)(C)O[C@H]12. The molecule has 1 aromatic carbocycles. The van der Waals surface area contributed by atoms with Crippen LogP contribution >= 0.6 is 0 Å². The van der Waals surface area contributed by atoms with E-state index in [9.17, 15) is 14.4 Å². The van der Waals surface area contributed by atoms with Crippen LogP contribution < -0.4 is 11.2 Å². The number of aryl methyl sites for hydroxylation is 1. The molecule has 0 N–H and O–H groups in total. The van der Waals surface area contributed by atoms with E-state index in [0.29, 0.717) is 10.1 Å². The fourth-order valence-electron chi connectivity index (χ4n) is 4.09. The Labute approximate surface area is 168 Å². The molecule has 1 aliphatic carbocycles. The lowest BCUT2D eigenvalue weighted by molar-refractivity contribution is -0.148. The summed E-state index contributed by atoms with van der Waals surface area (Å²) in [6.45, 7) is 7.29. The fraction of sp³-hybridized carbons (Fsp3) is 0.409. The van der Waals surface area contributed by atoms with Gasteiger partial charge < -0.3 is 9.47 Å². The van der Waals surface area contributed by atoms with E-state index in [2.05, 4.69) is 0 Å². The summed E-state index contributed by atoms with van der Waals surface area (Å²) in [7, 11) is 0. The van der Waals surface area contributed by atoms with Crippen LogP contribution in [-0.2, 0) is 9.47 Å². The van der Waals surface area contributed by atoms with E-state index in [1.54, 1.807) is 37.3 Å². The zero-order valence-electron chi connectivity index (χ0n) is 16.9. The Morgan fingerprint density at radius 3 is 2.48 bits per heavy atom. The number of rotatable bonds is 3. The molecular weight excluding hydrogens is 372 g/mol. The predicted molar refractivity (Wildman–Crippen MR) is 107 cm³/mol. The highest BCUT2D eigenvalue weighted by Gasteiger charge is 2.50. The Morgan fingerprint density at radius 2 is 1.83 bits per heavy atom. The lowest BCUT2D eigenvalue weighted by atomic mass is 10.1. The maximum atomic E-state index is 13.3. The number of carbonyl (C=O) groups is 1. The van der Waals surface area contributed by atoms with Crippen molar-refractivity contribution >= 4 is 5.91 Å². The van der Waals surface area contributed by atoms with Gasteiger partial charge in [0, 0.05) is 17.3 Å². The smallest absolute Gasteiger partial charge is 0.338 e. The highest BCUT2D eigenvalue weighted by Crippen LogP contribution is 2.43. The molecule has 7 nitrogen and oxygen atoms in total. The third-order valence-corrected chi connectivity index (χ3v) is 5.45. The van der Waals surface area contributed by atoms with Gasteiger partial charge in [-0.05, 0) is 44.9 Å². The van der Waals surface area contributed by atoms with Crippen molar-refractivity contribution in [1.82, 2.24) is 9.13 Å². The maximum absolute atomic E-state index is 13.3. The Morgan fingerprint density at radius 1 is 1.14 bits per heavy atom. The third-order valence-electron chi connectivity index (χ3n) is 5.45. The fourth-order valence-corrected chi connectivity index (χ4v) is 4.09. The highest BCUT2D eigenvalue weighted by molar-refractivity contribution is 5.95. The molecule has 7 heteroatoms. The summed E-state index contributed by atoms with van der Waals surface area (Å²) >= 11 is 0. The zero-order valence-corrected chi connectivity index (χ0v) is 16.9. The van der Waals surface area contributed by atoms with E-state index in [1.165, 1.54) is 10.8 Å². The molecule has 152 valence electrons. The first-order valence-electron chi connectivity index (χ1n) is 9.74. The van der Waals surface area contributed by atoms with Gasteiger partial charge in [-0.1, -0.05) is 31.2 Å². The first-order chi connectivity index (χ1) is 13.7. The quantitative estimate of drug-likeness (QED) is 0.745. The van der Waals surface area contributed by atoms with Crippen molar-refractivity contribution in [2.24, 2.45) is 0 Å². The zero-order chi connectivity index (χ0) is 20.9. The van der Waals surface area contributed by atoms with Crippen molar-refractivity contribution in [2.75, 3.05) is 0 Å². The Hall–Kier alpha value is -2.77. The molecule has 4 rings (SSSR count). The van der Waals surface area contributed by atoms with Crippen molar-refractivity contribution in [1.29, 1.82) is 0 Å². The van der Waals surface area contributed by atoms with Gasteiger partial charge >= 0.3 is 5.69 Å². The van der Waals surface area contributed by atoms with Crippen LogP contribution in [0.1, 0.15) is 49.2 Å². The molecule has 1 fully saturated rings. The molecule has 0 spiro atoms. The van der Waals surface area contributed by atoms with Crippen molar-refractivity contribution in [3.63, 3.8) is 0 Å². The van der Waals surface area contributed by atoms with Crippen LogP contribution in [0, 0.1) is 6.92 Å². The summed E-state index contributed by atoms with van der Waals surface area (Å²) in [5, 5.41) is 0. The molecule has 0 unspecified atom stereocenters. The summed E-state index contributed by atoms with van der Waals surface area (Å²) in [5.74, 6) is -1.41. The number of nitrogens with zero attached hydrogens (tertiary/aromatic N) is 2. The Bertz CT molecular complexity index is 1110. The van der Waals surface area contributed by atoms with Gasteiger partial charge in [-0.15, -0.1) is 0 Å². The standard InChI is InChI=1S/C22H24N2O5/c1-5-14-11-16(18-17(14)28-22(3,4)29-18)23-12-13(2)19(25)24(21(23)27)20(26)15-9-7-6-8-10-15/h6-12,16-18H,5H2,1-4H3/t16-,17-,18+/m1/s1. The van der Waals surface area contributed by atoms with Crippen molar-refractivity contribution in [3.05, 3.63) is 80.1 Å². The molecule has 1 aromatic heterocycles. The number of aromatic nitrogens is 2. The summed E-state index contributed by atoms with van der Waals surface area (Å²) in [6, 6.07) is 7.85. The molecule has 0 bridgehead atoms. The van der Waals surface area contributed by atoms with Crippen molar-refractivity contribution < 1.29 is 14.3 Å². The van der Waals surface area contributed by atoms with E-state index in [0.717, 1.165) is 12.0 Å². The molecule has 0 saturated carbocycles. The van der Waals surface area contributed by atoms with Crippen molar-refractivity contribution in [3.8, 4) is 0 Å². The van der Waals surface area contributed by atoms with E-state index in [1.807, 2.05) is 26.8 Å². The number of hydrogen-bond acceptors (Lipinski definition) is 5. The van der Waals surface area contributed by atoms with Gasteiger partial charge in [0.15, 0.2) is 5.79 Å². The summed E-state index contributed by atoms with van der Waals surface area (Å²) in [5.41, 5.74) is 0.335. The second-order valence-electron chi connectivity index (χ2n) is 7.92. The lowest BCUT2D eigenvalue weighted by Gasteiger charge is -2.23. The second kappa shape index (κ2) is 6.93. The first-order valence-corrected chi connectivity index (χ1v) is 9.74. The third kappa shape index (κ3) is 3.20. The molecule has 2 heterocycles. The maximum Gasteiger partial charge on any atom is 0.338 e. The van der Waals surface area contributed by atoms with Gasteiger partial charge in [0.25, 0.3) is 11.5 Å². The topological polar surface area (TPSA) is 79.5 Å². The Kier molecular flexibility index (Phi) is 4.67. The molecule has 3 atom stereocenters. The lowest BCUT2D eigenvalue weighted by Crippen LogP contribution is -2.47. The van der Waals surface area contributed by atoms with Crippen LogP contribution in [0.15, 0.2) is 57.8 Å². The minimum Gasteiger partial charge on any atom is -0.342 e. The number of benzene rings is 1. The van der Waals surface area contributed by atoms with Crippen LogP contribution in [0.25, 0.3) is 0 Å². The average Bonchev–Trinajstić information content (AvgIpc) is 3.18. The van der Waals surface area contributed by atoms with Crippen LogP contribution in [0.2, 0.25) is 0 Å². The van der Waals surface area contributed by atoms with Crippen LogP contribution in [0.4, 0.5) is 0 Å². The largest absolute Gasteiger partial charge is 0.342 e. The van der Waals surface area contributed by atoms with Gasteiger partial charge in [-0.2, -0.15) is 4.57 Å². The molecule has 0 radical (unpaired) electrons. The van der Waals surface area contributed by atoms with Gasteiger partial charge in [-0.3, -0.25) is 14.2 Å². The van der Waals surface area contributed by atoms with Gasteiger partial charge in [0.1, 0.15) is 12.2 Å². The second-order valence-corrected chi connectivity index (χ2v) is 7.92. The van der Waals surface area contributed by atoms with Crippen LogP contribution in [-0.4, -0.2) is 33.0 Å². The number of ether oxygens (including phenoxy) is 2.